The van der Waals surface area contributed by atoms with Gasteiger partial charge < -0.3 is 4.90 Å². The van der Waals surface area contributed by atoms with Crippen molar-refractivity contribution in [1.82, 2.24) is 0 Å². The Morgan fingerprint density at radius 2 is 1.89 bits per heavy atom. The highest BCUT2D eigenvalue weighted by molar-refractivity contribution is 14.1. The van der Waals surface area contributed by atoms with E-state index in [2.05, 4.69) is 0 Å². The molecule has 0 radical (unpaired) electrons. The van der Waals surface area contributed by atoms with Crippen molar-refractivity contribution in [2.45, 2.75) is 26.3 Å². The second-order valence-electron chi connectivity index (χ2n) is 6.62. The molecule has 0 atom stereocenters. The zero-order valence-electron chi connectivity index (χ0n) is 14.7. The number of rotatable bonds is 2. The van der Waals surface area contributed by atoms with Crippen LogP contribution in [0.15, 0.2) is 30.3 Å². The second-order valence-corrected chi connectivity index (χ2v) is 8.07. The van der Waals surface area contributed by atoms with Crippen LogP contribution in [0.2, 0.25) is 0 Å². The number of nitrogens with zero attached hydrogens (tertiary/aromatic N) is 3. The summed E-state index contributed by atoms with van der Waals surface area (Å²) in [7, 11) is 0. The standard InChI is InChI=1S/C19H14F2IN3OS/c1-10-4-6-12(8-13(10)20)25-18(27)24(17(26)19(25,2)3)14-7-5-11(9-23)16(22)15(14)21/h4-8H,1-3H3. The average Bonchev–Trinajstić information content (AvgIpc) is 2.78. The molecule has 8 heteroatoms. The van der Waals surface area contributed by atoms with Gasteiger partial charge >= 0.3 is 0 Å². The zero-order chi connectivity index (χ0) is 20.1. The second kappa shape index (κ2) is 6.80. The summed E-state index contributed by atoms with van der Waals surface area (Å²) in [5, 5.41) is 9.10. The lowest BCUT2D eigenvalue weighted by molar-refractivity contribution is -0.120. The van der Waals surface area contributed by atoms with Gasteiger partial charge in [0.1, 0.15) is 17.4 Å². The SMILES string of the molecule is Cc1ccc(N2C(=S)N(c3ccc(C#N)c(I)c3F)C(=O)C2(C)C)cc1F. The number of anilines is 2. The minimum absolute atomic E-state index is 0.0310. The minimum Gasteiger partial charge on any atom is -0.303 e. The summed E-state index contributed by atoms with van der Waals surface area (Å²) < 4.78 is 29.0. The molecular weight excluding hydrogens is 483 g/mol. The number of amides is 1. The molecule has 4 nitrogen and oxygen atoms in total. The Balaban J connectivity index is 2.14. The molecule has 0 aromatic heterocycles. The first kappa shape index (κ1) is 19.6. The van der Waals surface area contributed by atoms with Gasteiger partial charge in [-0.05, 0) is 85.4 Å². The normalized spacial score (nSPS) is 16.0. The third-order valence-electron chi connectivity index (χ3n) is 4.50. The van der Waals surface area contributed by atoms with E-state index in [0.29, 0.717) is 11.3 Å². The molecule has 0 aliphatic carbocycles. The average molecular weight is 497 g/mol. The summed E-state index contributed by atoms with van der Waals surface area (Å²) in [6.45, 7) is 4.93. The van der Waals surface area contributed by atoms with Gasteiger partial charge in [0.05, 0.1) is 14.8 Å². The molecule has 1 aliphatic heterocycles. The van der Waals surface area contributed by atoms with Crippen molar-refractivity contribution >= 4 is 57.2 Å². The van der Waals surface area contributed by atoms with E-state index in [1.165, 1.54) is 23.1 Å². The first-order valence-electron chi connectivity index (χ1n) is 7.94. The molecular formula is C19H14F2IN3OS. The van der Waals surface area contributed by atoms with E-state index >= 15 is 0 Å². The highest BCUT2D eigenvalue weighted by Crippen LogP contribution is 2.38. The highest BCUT2D eigenvalue weighted by atomic mass is 127. The van der Waals surface area contributed by atoms with E-state index in [-0.39, 0.29) is 19.9 Å². The summed E-state index contributed by atoms with van der Waals surface area (Å²) in [6.07, 6.45) is 0. The Hall–Kier alpha value is -2.12. The van der Waals surface area contributed by atoms with Crippen molar-refractivity contribution in [3.05, 3.63) is 56.7 Å². The Morgan fingerprint density at radius 3 is 2.48 bits per heavy atom. The molecule has 3 rings (SSSR count). The van der Waals surface area contributed by atoms with Crippen LogP contribution >= 0.6 is 34.8 Å². The van der Waals surface area contributed by atoms with Crippen LogP contribution in [0.4, 0.5) is 20.2 Å². The molecule has 1 saturated heterocycles. The molecule has 0 spiro atoms. The number of hydrogen-bond acceptors (Lipinski definition) is 3. The number of aryl methyl sites for hydroxylation is 1. The number of nitriles is 1. The van der Waals surface area contributed by atoms with Crippen LogP contribution in [0.5, 0.6) is 0 Å². The van der Waals surface area contributed by atoms with Crippen molar-refractivity contribution in [3.63, 3.8) is 0 Å². The first-order valence-corrected chi connectivity index (χ1v) is 9.43. The highest BCUT2D eigenvalue weighted by Gasteiger charge is 2.51. The van der Waals surface area contributed by atoms with Crippen LogP contribution in [-0.4, -0.2) is 16.6 Å². The number of benzene rings is 2. The van der Waals surface area contributed by atoms with Gasteiger partial charge in [0.15, 0.2) is 10.9 Å². The summed E-state index contributed by atoms with van der Waals surface area (Å²) in [5.74, 6) is -1.55. The predicted molar refractivity (Wildman–Crippen MR) is 112 cm³/mol. The van der Waals surface area contributed by atoms with Gasteiger partial charge in [0.2, 0.25) is 0 Å². The van der Waals surface area contributed by atoms with Crippen molar-refractivity contribution in [1.29, 1.82) is 5.26 Å². The van der Waals surface area contributed by atoms with E-state index < -0.39 is 23.1 Å². The van der Waals surface area contributed by atoms with E-state index in [1.54, 1.807) is 55.5 Å². The predicted octanol–water partition coefficient (Wildman–Crippen LogP) is 4.67. The van der Waals surface area contributed by atoms with Gasteiger partial charge in [-0.15, -0.1) is 0 Å². The Bertz CT molecular complexity index is 1030. The van der Waals surface area contributed by atoms with Crippen molar-refractivity contribution in [2.75, 3.05) is 9.80 Å². The van der Waals surface area contributed by atoms with E-state index in [1.807, 2.05) is 6.07 Å². The third-order valence-corrected chi connectivity index (χ3v) is 5.92. The molecule has 0 N–H and O–H groups in total. The Morgan fingerprint density at radius 1 is 1.22 bits per heavy atom. The Kier molecular flexibility index (Phi) is 4.94. The summed E-state index contributed by atoms with van der Waals surface area (Å²) in [4.78, 5) is 15.7. The van der Waals surface area contributed by atoms with Crippen LogP contribution in [-0.2, 0) is 4.79 Å². The van der Waals surface area contributed by atoms with Crippen molar-refractivity contribution in [2.24, 2.45) is 0 Å². The van der Waals surface area contributed by atoms with E-state index in [9.17, 15) is 13.6 Å². The van der Waals surface area contributed by atoms with E-state index in [4.69, 9.17) is 17.5 Å². The largest absolute Gasteiger partial charge is 0.303 e. The molecule has 27 heavy (non-hydrogen) atoms. The van der Waals surface area contributed by atoms with Gasteiger partial charge in [0.25, 0.3) is 5.91 Å². The maximum atomic E-state index is 14.9. The van der Waals surface area contributed by atoms with Gasteiger partial charge in [-0.1, -0.05) is 6.07 Å². The number of carbonyl (C=O) groups is 1. The molecule has 1 fully saturated rings. The lowest BCUT2D eigenvalue weighted by Gasteiger charge is -2.29. The molecule has 2 aromatic carbocycles. The molecule has 138 valence electrons. The van der Waals surface area contributed by atoms with Crippen LogP contribution in [0.25, 0.3) is 0 Å². The summed E-state index contributed by atoms with van der Waals surface area (Å²) in [6, 6.07) is 9.27. The monoisotopic (exact) mass is 497 g/mol. The smallest absolute Gasteiger partial charge is 0.259 e. The maximum Gasteiger partial charge on any atom is 0.259 e. The van der Waals surface area contributed by atoms with Gasteiger partial charge in [-0.25, -0.2) is 8.78 Å². The summed E-state index contributed by atoms with van der Waals surface area (Å²) in [5.41, 5.74) is -0.113. The van der Waals surface area contributed by atoms with Gasteiger partial charge in [0, 0.05) is 5.69 Å². The van der Waals surface area contributed by atoms with Gasteiger partial charge in [-0.2, -0.15) is 5.26 Å². The fourth-order valence-electron chi connectivity index (χ4n) is 2.96. The molecule has 1 amide bonds. The van der Waals surface area contributed by atoms with Crippen LogP contribution in [0, 0.1) is 33.5 Å². The minimum atomic E-state index is -1.13. The fourth-order valence-corrected chi connectivity index (χ4v) is 4.05. The zero-order valence-corrected chi connectivity index (χ0v) is 17.7. The van der Waals surface area contributed by atoms with Crippen LogP contribution in [0.3, 0.4) is 0 Å². The molecule has 2 aromatic rings. The quantitative estimate of drug-likeness (QED) is 0.447. The Labute approximate surface area is 174 Å². The lowest BCUT2D eigenvalue weighted by atomic mass is 10.0. The van der Waals surface area contributed by atoms with Crippen LogP contribution in [0.1, 0.15) is 25.0 Å². The number of carbonyl (C=O) groups excluding carboxylic acids is 1. The molecule has 0 saturated carbocycles. The summed E-state index contributed by atoms with van der Waals surface area (Å²) >= 11 is 7.19. The topological polar surface area (TPSA) is 47.3 Å². The number of halogens is 3. The third kappa shape index (κ3) is 2.99. The molecule has 0 bridgehead atoms. The molecule has 0 unspecified atom stereocenters. The first-order chi connectivity index (χ1) is 12.6. The number of thiocarbonyl (C=S) groups is 1. The van der Waals surface area contributed by atoms with Gasteiger partial charge in [-0.3, -0.25) is 9.69 Å². The van der Waals surface area contributed by atoms with Crippen molar-refractivity contribution < 1.29 is 13.6 Å². The maximum absolute atomic E-state index is 14.9. The van der Waals surface area contributed by atoms with E-state index in [0.717, 1.165) is 4.90 Å². The van der Waals surface area contributed by atoms with Crippen LogP contribution < -0.4 is 9.80 Å². The van der Waals surface area contributed by atoms with Crippen molar-refractivity contribution in [3.8, 4) is 6.07 Å². The number of hydrogen-bond donors (Lipinski definition) is 0. The fraction of sp³-hybridized carbons (Fsp3) is 0.211. The molecule has 1 heterocycles. The molecule has 1 aliphatic rings. The lowest BCUT2D eigenvalue weighted by Crippen LogP contribution is -2.44.